The van der Waals surface area contributed by atoms with Gasteiger partial charge in [0.15, 0.2) is 0 Å². The van der Waals surface area contributed by atoms with Crippen molar-refractivity contribution >= 4 is 29.2 Å². The van der Waals surface area contributed by atoms with E-state index in [9.17, 15) is 4.79 Å². The molecule has 0 amide bonds. The van der Waals surface area contributed by atoms with Crippen molar-refractivity contribution < 1.29 is 9.53 Å². The van der Waals surface area contributed by atoms with E-state index in [-0.39, 0.29) is 12.4 Å². The smallest absolute Gasteiger partial charge is 0.307 e. The zero-order valence-electron chi connectivity index (χ0n) is 12.4. The maximum atomic E-state index is 11.5. The molecule has 116 valence electrons. The van der Waals surface area contributed by atoms with Crippen LogP contribution in [0.2, 0.25) is 10.0 Å². The van der Waals surface area contributed by atoms with Crippen LogP contribution in [0.15, 0.2) is 42.5 Å². The van der Waals surface area contributed by atoms with E-state index in [2.05, 4.69) is 0 Å². The number of methoxy groups -OCH3 is 1. The molecule has 0 aromatic heterocycles. The van der Waals surface area contributed by atoms with Crippen LogP contribution >= 0.6 is 23.2 Å². The Balaban J connectivity index is 2.48. The number of nitrogens with two attached hydrogens (primary N) is 1. The first-order valence-corrected chi connectivity index (χ1v) is 7.51. The molecule has 5 heteroatoms. The summed E-state index contributed by atoms with van der Waals surface area (Å²) in [6, 6.07) is 13.0. The number of esters is 1. The standard InChI is InChI=1S/C17H17Cl2NO2/c1-17(20,10-15(21)22-2)14-8-4-7-13(16(14)19)11-5-3-6-12(18)9-11/h3-9H,10,20H2,1-2H3/t17-/m0/s1. The molecule has 1 atom stereocenters. The van der Waals surface area contributed by atoms with Crippen molar-refractivity contribution in [1.82, 2.24) is 0 Å². The van der Waals surface area contributed by atoms with Gasteiger partial charge in [-0.3, -0.25) is 4.79 Å². The Hall–Kier alpha value is -1.55. The van der Waals surface area contributed by atoms with Crippen molar-refractivity contribution in [3.05, 3.63) is 58.1 Å². The van der Waals surface area contributed by atoms with Gasteiger partial charge < -0.3 is 10.5 Å². The predicted molar refractivity (Wildman–Crippen MR) is 90.1 cm³/mol. The van der Waals surface area contributed by atoms with Gasteiger partial charge in [0.1, 0.15) is 0 Å². The number of ether oxygens (including phenoxy) is 1. The maximum absolute atomic E-state index is 11.5. The van der Waals surface area contributed by atoms with Gasteiger partial charge in [-0.2, -0.15) is 0 Å². The molecule has 0 fully saturated rings. The lowest BCUT2D eigenvalue weighted by atomic mass is 9.87. The van der Waals surface area contributed by atoms with Crippen LogP contribution in [-0.2, 0) is 15.1 Å². The van der Waals surface area contributed by atoms with E-state index in [1.54, 1.807) is 13.0 Å². The van der Waals surface area contributed by atoms with Crippen LogP contribution in [0.1, 0.15) is 18.9 Å². The van der Waals surface area contributed by atoms with E-state index in [1.807, 2.05) is 36.4 Å². The summed E-state index contributed by atoms with van der Waals surface area (Å²) in [5.41, 5.74) is 7.77. The molecule has 0 aliphatic rings. The molecular weight excluding hydrogens is 321 g/mol. The van der Waals surface area contributed by atoms with Gasteiger partial charge in [-0.15, -0.1) is 0 Å². The van der Waals surface area contributed by atoms with E-state index in [4.69, 9.17) is 33.7 Å². The largest absolute Gasteiger partial charge is 0.469 e. The monoisotopic (exact) mass is 337 g/mol. The summed E-state index contributed by atoms with van der Waals surface area (Å²) < 4.78 is 4.70. The molecule has 0 spiro atoms. The highest BCUT2D eigenvalue weighted by Gasteiger charge is 2.28. The summed E-state index contributed by atoms with van der Waals surface area (Å²) in [6.07, 6.45) is 0.0439. The van der Waals surface area contributed by atoms with E-state index >= 15 is 0 Å². The summed E-state index contributed by atoms with van der Waals surface area (Å²) in [6.45, 7) is 1.76. The quantitative estimate of drug-likeness (QED) is 0.841. The van der Waals surface area contributed by atoms with Gasteiger partial charge in [0.25, 0.3) is 0 Å². The Bertz CT molecular complexity index is 699. The Labute approximate surface area is 140 Å². The number of hydrogen-bond donors (Lipinski definition) is 1. The minimum atomic E-state index is -0.918. The summed E-state index contributed by atoms with van der Waals surface area (Å²) in [4.78, 5) is 11.5. The van der Waals surface area contributed by atoms with Gasteiger partial charge in [-0.25, -0.2) is 0 Å². The Morgan fingerprint density at radius 3 is 2.55 bits per heavy atom. The molecule has 0 saturated carbocycles. The minimum absolute atomic E-state index is 0.0439. The fraction of sp³-hybridized carbons (Fsp3) is 0.235. The maximum Gasteiger partial charge on any atom is 0.307 e. The van der Waals surface area contributed by atoms with Crippen molar-refractivity contribution in [2.45, 2.75) is 18.9 Å². The molecule has 0 aliphatic heterocycles. The lowest BCUT2D eigenvalue weighted by Crippen LogP contribution is -2.36. The zero-order valence-corrected chi connectivity index (χ0v) is 13.9. The second kappa shape index (κ2) is 6.69. The third-order valence-corrected chi connectivity index (χ3v) is 4.13. The van der Waals surface area contributed by atoms with Gasteiger partial charge in [0, 0.05) is 10.6 Å². The molecule has 2 N–H and O–H groups in total. The van der Waals surface area contributed by atoms with Gasteiger partial charge in [0.2, 0.25) is 0 Å². The van der Waals surface area contributed by atoms with E-state index in [0.717, 1.165) is 11.1 Å². The average molecular weight is 338 g/mol. The number of carbonyl (C=O) groups is 1. The van der Waals surface area contributed by atoms with Crippen LogP contribution in [0.3, 0.4) is 0 Å². The molecule has 0 unspecified atom stereocenters. The molecule has 0 bridgehead atoms. The fourth-order valence-electron chi connectivity index (χ4n) is 2.32. The lowest BCUT2D eigenvalue weighted by Gasteiger charge is -2.26. The first-order chi connectivity index (χ1) is 10.3. The topological polar surface area (TPSA) is 52.3 Å². The van der Waals surface area contributed by atoms with Crippen molar-refractivity contribution in [3.8, 4) is 11.1 Å². The van der Waals surface area contributed by atoms with E-state index in [0.29, 0.717) is 15.6 Å². The summed E-state index contributed by atoms with van der Waals surface area (Å²) >= 11 is 12.6. The number of rotatable bonds is 4. The summed E-state index contributed by atoms with van der Waals surface area (Å²) in [5.74, 6) is -0.380. The summed E-state index contributed by atoms with van der Waals surface area (Å²) in [7, 11) is 1.34. The van der Waals surface area contributed by atoms with Gasteiger partial charge >= 0.3 is 5.97 Å². The van der Waals surface area contributed by atoms with Crippen LogP contribution in [0.5, 0.6) is 0 Å². The average Bonchev–Trinajstić information content (AvgIpc) is 2.46. The fourth-order valence-corrected chi connectivity index (χ4v) is 2.96. The van der Waals surface area contributed by atoms with Crippen LogP contribution in [-0.4, -0.2) is 13.1 Å². The number of hydrogen-bond acceptors (Lipinski definition) is 3. The predicted octanol–water partition coefficient (Wildman–Crippen LogP) is 4.40. The Morgan fingerprint density at radius 1 is 1.23 bits per heavy atom. The van der Waals surface area contributed by atoms with Crippen molar-refractivity contribution in [1.29, 1.82) is 0 Å². The normalized spacial score (nSPS) is 13.5. The molecule has 2 aromatic carbocycles. The Morgan fingerprint density at radius 2 is 1.91 bits per heavy atom. The second-order valence-electron chi connectivity index (χ2n) is 5.35. The number of carbonyl (C=O) groups excluding carboxylic acids is 1. The molecular formula is C17H17Cl2NO2. The zero-order chi connectivity index (χ0) is 16.3. The van der Waals surface area contributed by atoms with E-state index < -0.39 is 5.54 Å². The van der Waals surface area contributed by atoms with Crippen LogP contribution in [0, 0.1) is 0 Å². The highest BCUT2D eigenvalue weighted by Crippen LogP contribution is 2.37. The van der Waals surface area contributed by atoms with Crippen LogP contribution in [0.25, 0.3) is 11.1 Å². The third-order valence-electron chi connectivity index (χ3n) is 3.49. The van der Waals surface area contributed by atoms with Gasteiger partial charge in [-0.05, 0) is 30.2 Å². The number of benzene rings is 2. The SMILES string of the molecule is COC(=O)C[C@](C)(N)c1cccc(-c2cccc(Cl)c2)c1Cl. The van der Waals surface area contributed by atoms with Crippen molar-refractivity contribution in [2.24, 2.45) is 5.73 Å². The van der Waals surface area contributed by atoms with Crippen molar-refractivity contribution in [2.75, 3.05) is 7.11 Å². The molecule has 22 heavy (non-hydrogen) atoms. The highest BCUT2D eigenvalue weighted by atomic mass is 35.5. The second-order valence-corrected chi connectivity index (χ2v) is 6.16. The van der Waals surface area contributed by atoms with Crippen LogP contribution in [0.4, 0.5) is 0 Å². The molecule has 0 radical (unpaired) electrons. The summed E-state index contributed by atoms with van der Waals surface area (Å²) in [5, 5.41) is 1.14. The molecule has 0 saturated heterocycles. The van der Waals surface area contributed by atoms with E-state index in [1.165, 1.54) is 7.11 Å². The van der Waals surface area contributed by atoms with Gasteiger partial charge in [-0.1, -0.05) is 53.5 Å². The lowest BCUT2D eigenvalue weighted by molar-refractivity contribution is -0.141. The number of halogens is 2. The minimum Gasteiger partial charge on any atom is -0.469 e. The highest BCUT2D eigenvalue weighted by molar-refractivity contribution is 6.34. The molecule has 2 aromatic rings. The first kappa shape index (κ1) is 16.8. The molecule has 3 nitrogen and oxygen atoms in total. The van der Waals surface area contributed by atoms with Crippen LogP contribution < -0.4 is 5.73 Å². The molecule has 0 heterocycles. The van der Waals surface area contributed by atoms with Gasteiger partial charge in [0.05, 0.1) is 24.1 Å². The first-order valence-electron chi connectivity index (χ1n) is 6.76. The van der Waals surface area contributed by atoms with Crippen molar-refractivity contribution in [3.63, 3.8) is 0 Å². The Kier molecular flexibility index (Phi) is 5.12. The third kappa shape index (κ3) is 3.61. The molecule has 0 aliphatic carbocycles. The molecule has 2 rings (SSSR count).